The van der Waals surface area contributed by atoms with Gasteiger partial charge in [0.2, 0.25) is 0 Å². The van der Waals surface area contributed by atoms with E-state index in [9.17, 15) is 4.79 Å². The SMILES string of the molecule is CCOc1ccc([C@@H](C)NC(=O)COc2cc(OC)cc(OC)c2)cc1. The normalized spacial score (nSPS) is 11.4. The van der Waals surface area contributed by atoms with Crippen LogP contribution < -0.4 is 24.3 Å². The Morgan fingerprint density at radius 2 is 1.50 bits per heavy atom. The first-order valence-corrected chi connectivity index (χ1v) is 8.43. The first-order valence-electron chi connectivity index (χ1n) is 8.43. The average molecular weight is 359 g/mol. The zero-order chi connectivity index (χ0) is 18.9. The van der Waals surface area contributed by atoms with Gasteiger partial charge in [0.1, 0.15) is 23.0 Å². The van der Waals surface area contributed by atoms with Gasteiger partial charge in [0.05, 0.1) is 26.9 Å². The van der Waals surface area contributed by atoms with Crippen molar-refractivity contribution in [2.75, 3.05) is 27.4 Å². The quantitative estimate of drug-likeness (QED) is 0.744. The molecule has 0 saturated carbocycles. The zero-order valence-electron chi connectivity index (χ0n) is 15.6. The molecule has 0 aliphatic carbocycles. The smallest absolute Gasteiger partial charge is 0.258 e. The summed E-state index contributed by atoms with van der Waals surface area (Å²) in [4.78, 5) is 12.2. The lowest BCUT2D eigenvalue weighted by molar-refractivity contribution is -0.123. The van der Waals surface area contributed by atoms with E-state index in [1.807, 2.05) is 38.1 Å². The Balaban J connectivity index is 1.90. The minimum Gasteiger partial charge on any atom is -0.496 e. The predicted octanol–water partition coefficient (Wildman–Crippen LogP) is 3.36. The number of amides is 1. The molecular weight excluding hydrogens is 334 g/mol. The first kappa shape index (κ1) is 19.4. The highest BCUT2D eigenvalue weighted by Crippen LogP contribution is 2.27. The van der Waals surface area contributed by atoms with E-state index in [2.05, 4.69) is 5.32 Å². The summed E-state index contributed by atoms with van der Waals surface area (Å²) in [5.74, 6) is 2.30. The minimum absolute atomic E-state index is 0.0995. The van der Waals surface area contributed by atoms with E-state index in [1.54, 1.807) is 32.4 Å². The van der Waals surface area contributed by atoms with Crippen molar-refractivity contribution < 1.29 is 23.7 Å². The van der Waals surface area contributed by atoms with Crippen LogP contribution in [0.3, 0.4) is 0 Å². The molecule has 1 atom stereocenters. The van der Waals surface area contributed by atoms with Gasteiger partial charge in [-0.05, 0) is 31.5 Å². The van der Waals surface area contributed by atoms with Crippen LogP contribution in [0.1, 0.15) is 25.5 Å². The number of hydrogen-bond acceptors (Lipinski definition) is 5. The number of rotatable bonds is 9. The summed E-state index contributed by atoms with van der Waals surface area (Å²) in [6, 6.07) is 12.6. The van der Waals surface area contributed by atoms with E-state index in [4.69, 9.17) is 18.9 Å². The zero-order valence-corrected chi connectivity index (χ0v) is 15.6. The monoisotopic (exact) mass is 359 g/mol. The van der Waals surface area contributed by atoms with Crippen molar-refractivity contribution in [1.29, 1.82) is 0 Å². The van der Waals surface area contributed by atoms with Crippen molar-refractivity contribution in [3.63, 3.8) is 0 Å². The summed E-state index contributed by atoms with van der Waals surface area (Å²) < 4.78 is 21.3. The lowest BCUT2D eigenvalue weighted by atomic mass is 10.1. The van der Waals surface area contributed by atoms with Gasteiger partial charge in [0.15, 0.2) is 6.61 Å². The topological polar surface area (TPSA) is 66.0 Å². The second-order valence-electron chi connectivity index (χ2n) is 5.63. The van der Waals surface area contributed by atoms with Crippen molar-refractivity contribution in [2.45, 2.75) is 19.9 Å². The molecular formula is C20H25NO5. The number of methoxy groups -OCH3 is 2. The summed E-state index contributed by atoms with van der Waals surface area (Å²) in [5.41, 5.74) is 0.991. The maximum absolute atomic E-state index is 12.2. The molecule has 0 aliphatic heterocycles. The van der Waals surface area contributed by atoms with Crippen molar-refractivity contribution in [2.24, 2.45) is 0 Å². The average Bonchev–Trinajstić information content (AvgIpc) is 2.66. The van der Waals surface area contributed by atoms with Crippen LogP contribution in [0.4, 0.5) is 0 Å². The third-order valence-corrected chi connectivity index (χ3v) is 3.76. The van der Waals surface area contributed by atoms with Crippen molar-refractivity contribution in [3.8, 4) is 23.0 Å². The summed E-state index contributed by atoms with van der Waals surface area (Å²) in [5, 5.41) is 2.91. The summed E-state index contributed by atoms with van der Waals surface area (Å²) >= 11 is 0. The standard InChI is InChI=1S/C20H25NO5/c1-5-25-16-8-6-15(7-9-16)14(2)21-20(22)13-26-19-11-17(23-3)10-18(12-19)24-4/h6-12,14H,5,13H2,1-4H3,(H,21,22)/t14-/m1/s1. The Morgan fingerprint density at radius 3 is 2.04 bits per heavy atom. The van der Waals surface area contributed by atoms with Crippen molar-refractivity contribution >= 4 is 5.91 Å². The van der Waals surface area contributed by atoms with Gasteiger partial charge in [-0.15, -0.1) is 0 Å². The number of ether oxygens (including phenoxy) is 4. The summed E-state index contributed by atoms with van der Waals surface area (Å²) in [6.07, 6.45) is 0. The van der Waals surface area contributed by atoms with Gasteiger partial charge in [-0.25, -0.2) is 0 Å². The molecule has 6 nitrogen and oxygen atoms in total. The van der Waals surface area contributed by atoms with Gasteiger partial charge in [-0.1, -0.05) is 12.1 Å². The lowest BCUT2D eigenvalue weighted by Crippen LogP contribution is -2.31. The Bertz CT molecular complexity index is 692. The van der Waals surface area contributed by atoms with Crippen molar-refractivity contribution in [3.05, 3.63) is 48.0 Å². The molecule has 0 fully saturated rings. The lowest BCUT2D eigenvalue weighted by Gasteiger charge is -2.16. The molecule has 6 heteroatoms. The number of nitrogens with one attached hydrogen (secondary N) is 1. The molecule has 0 radical (unpaired) electrons. The van der Waals surface area contributed by atoms with Crippen LogP contribution in [0.2, 0.25) is 0 Å². The largest absolute Gasteiger partial charge is 0.496 e. The van der Waals surface area contributed by atoms with Crippen LogP contribution in [0.5, 0.6) is 23.0 Å². The number of hydrogen-bond donors (Lipinski definition) is 1. The van der Waals surface area contributed by atoms with E-state index >= 15 is 0 Å². The number of carbonyl (C=O) groups is 1. The predicted molar refractivity (Wildman–Crippen MR) is 99.2 cm³/mol. The molecule has 0 bridgehead atoms. The van der Waals surface area contributed by atoms with Gasteiger partial charge in [-0.2, -0.15) is 0 Å². The highest BCUT2D eigenvalue weighted by Gasteiger charge is 2.11. The highest BCUT2D eigenvalue weighted by molar-refractivity contribution is 5.78. The van der Waals surface area contributed by atoms with Crippen LogP contribution in [0, 0.1) is 0 Å². The minimum atomic E-state index is -0.215. The molecule has 0 heterocycles. The molecule has 0 unspecified atom stereocenters. The number of benzene rings is 2. The van der Waals surface area contributed by atoms with E-state index in [-0.39, 0.29) is 18.6 Å². The third kappa shape index (κ3) is 5.58. The van der Waals surface area contributed by atoms with Crippen LogP contribution in [-0.2, 0) is 4.79 Å². The maximum Gasteiger partial charge on any atom is 0.258 e. The van der Waals surface area contributed by atoms with Gasteiger partial charge < -0.3 is 24.3 Å². The van der Waals surface area contributed by atoms with Gasteiger partial charge in [0, 0.05) is 18.2 Å². The second kappa shape index (κ2) is 9.56. The first-order chi connectivity index (χ1) is 12.5. The van der Waals surface area contributed by atoms with Crippen LogP contribution >= 0.6 is 0 Å². The fraction of sp³-hybridized carbons (Fsp3) is 0.350. The molecule has 2 aromatic rings. The summed E-state index contributed by atoms with van der Waals surface area (Å²) in [7, 11) is 3.12. The fourth-order valence-electron chi connectivity index (χ4n) is 2.40. The van der Waals surface area contributed by atoms with E-state index in [1.165, 1.54) is 0 Å². The van der Waals surface area contributed by atoms with E-state index in [0.29, 0.717) is 23.9 Å². The fourth-order valence-corrected chi connectivity index (χ4v) is 2.40. The molecule has 26 heavy (non-hydrogen) atoms. The molecule has 0 saturated heterocycles. The third-order valence-electron chi connectivity index (χ3n) is 3.76. The molecule has 0 aromatic heterocycles. The van der Waals surface area contributed by atoms with Crippen LogP contribution in [-0.4, -0.2) is 33.3 Å². The Kier molecular flexibility index (Phi) is 7.14. The van der Waals surface area contributed by atoms with Crippen LogP contribution in [0.15, 0.2) is 42.5 Å². The van der Waals surface area contributed by atoms with Gasteiger partial charge >= 0.3 is 0 Å². The van der Waals surface area contributed by atoms with E-state index in [0.717, 1.165) is 11.3 Å². The van der Waals surface area contributed by atoms with Gasteiger partial charge in [0.25, 0.3) is 5.91 Å². The molecule has 140 valence electrons. The van der Waals surface area contributed by atoms with Crippen LogP contribution in [0.25, 0.3) is 0 Å². The molecule has 1 N–H and O–H groups in total. The second-order valence-corrected chi connectivity index (χ2v) is 5.63. The Hall–Kier alpha value is -2.89. The molecule has 2 aromatic carbocycles. The molecule has 0 spiro atoms. The molecule has 0 aliphatic rings. The van der Waals surface area contributed by atoms with E-state index < -0.39 is 0 Å². The van der Waals surface area contributed by atoms with Crippen molar-refractivity contribution in [1.82, 2.24) is 5.32 Å². The maximum atomic E-state index is 12.2. The van der Waals surface area contributed by atoms with Gasteiger partial charge in [-0.3, -0.25) is 4.79 Å². The highest BCUT2D eigenvalue weighted by atomic mass is 16.5. The Morgan fingerprint density at radius 1 is 0.923 bits per heavy atom. The molecule has 2 rings (SSSR count). The number of carbonyl (C=O) groups excluding carboxylic acids is 1. The molecule has 1 amide bonds. The Labute approximate surface area is 154 Å². The summed E-state index contributed by atoms with van der Waals surface area (Å²) in [6.45, 7) is 4.38.